The fraction of sp³-hybridized carbons (Fsp3) is 0.533. The average Bonchev–Trinajstić information content (AvgIpc) is 2.90. The number of hydrogen-bond acceptors (Lipinski definition) is 3. The molecule has 1 heterocycles. The van der Waals surface area contributed by atoms with Crippen LogP contribution < -0.4 is 5.32 Å². The molecule has 1 aromatic carbocycles. The molecule has 1 fully saturated rings. The third kappa shape index (κ3) is 3.57. The number of rotatable bonds is 6. The van der Waals surface area contributed by atoms with Gasteiger partial charge in [-0.1, -0.05) is 6.92 Å². The van der Waals surface area contributed by atoms with Crippen LogP contribution in [-0.2, 0) is 4.74 Å². The van der Waals surface area contributed by atoms with Crippen LogP contribution in [0, 0.1) is 0 Å². The quantitative estimate of drug-likeness (QED) is 0.784. The van der Waals surface area contributed by atoms with E-state index in [4.69, 9.17) is 4.74 Å². The van der Waals surface area contributed by atoms with E-state index in [-0.39, 0.29) is 5.78 Å². The molecule has 0 aromatic heterocycles. The largest absolute Gasteiger partial charge is 0.382 e. The maximum atomic E-state index is 11.7. The zero-order valence-corrected chi connectivity index (χ0v) is 10.9. The molecule has 1 aromatic rings. The maximum absolute atomic E-state index is 11.7. The minimum absolute atomic E-state index is 0.225. The van der Waals surface area contributed by atoms with Gasteiger partial charge in [-0.05, 0) is 43.5 Å². The number of hydrogen-bond donors (Lipinski definition) is 1. The van der Waals surface area contributed by atoms with Crippen LogP contribution in [0.15, 0.2) is 24.3 Å². The summed E-state index contributed by atoms with van der Waals surface area (Å²) in [6.07, 6.45) is 4.17. The van der Waals surface area contributed by atoms with E-state index in [2.05, 4.69) is 5.32 Å². The molecule has 1 aliphatic rings. The zero-order valence-electron chi connectivity index (χ0n) is 10.9. The molecule has 18 heavy (non-hydrogen) atoms. The van der Waals surface area contributed by atoms with E-state index in [9.17, 15) is 4.79 Å². The number of benzene rings is 1. The molecule has 1 saturated heterocycles. The number of ketones is 1. The molecule has 2 rings (SSSR count). The van der Waals surface area contributed by atoms with Crippen LogP contribution in [0.5, 0.6) is 0 Å². The molecule has 0 spiro atoms. The Kier molecular flexibility index (Phi) is 4.76. The summed E-state index contributed by atoms with van der Waals surface area (Å²) in [5.74, 6) is 0.225. The van der Waals surface area contributed by atoms with Gasteiger partial charge in [0.1, 0.15) is 0 Å². The van der Waals surface area contributed by atoms with Gasteiger partial charge in [-0.25, -0.2) is 0 Å². The fourth-order valence-corrected chi connectivity index (χ4v) is 2.18. The summed E-state index contributed by atoms with van der Waals surface area (Å²) in [7, 11) is 0. The first-order valence-corrected chi connectivity index (χ1v) is 6.78. The van der Waals surface area contributed by atoms with Gasteiger partial charge in [-0.3, -0.25) is 4.79 Å². The molecular formula is C15H21NO2. The van der Waals surface area contributed by atoms with Gasteiger partial charge in [-0.15, -0.1) is 0 Å². The number of anilines is 1. The molecule has 3 heteroatoms. The Morgan fingerprint density at radius 1 is 1.39 bits per heavy atom. The minimum Gasteiger partial charge on any atom is -0.382 e. The molecule has 0 saturated carbocycles. The topological polar surface area (TPSA) is 38.3 Å². The molecular weight excluding hydrogens is 226 g/mol. The van der Waals surface area contributed by atoms with Crippen LogP contribution in [0.2, 0.25) is 0 Å². The van der Waals surface area contributed by atoms with E-state index in [1.165, 1.54) is 0 Å². The Morgan fingerprint density at radius 3 is 2.78 bits per heavy atom. The van der Waals surface area contributed by atoms with Gasteiger partial charge >= 0.3 is 0 Å². The molecule has 0 aliphatic carbocycles. The summed E-state index contributed by atoms with van der Waals surface area (Å²) in [6.45, 7) is 3.76. The highest BCUT2D eigenvalue weighted by atomic mass is 16.5. The summed E-state index contributed by atoms with van der Waals surface area (Å²) < 4.78 is 5.55. The highest BCUT2D eigenvalue weighted by molar-refractivity contribution is 5.96. The van der Waals surface area contributed by atoms with Gasteiger partial charge in [-0.2, -0.15) is 0 Å². The van der Waals surface area contributed by atoms with Crippen molar-refractivity contribution >= 4 is 11.5 Å². The van der Waals surface area contributed by atoms with Gasteiger partial charge < -0.3 is 10.1 Å². The second-order valence-corrected chi connectivity index (χ2v) is 4.77. The first-order chi connectivity index (χ1) is 8.79. The van der Waals surface area contributed by atoms with Gasteiger partial charge in [0.2, 0.25) is 0 Å². The molecule has 1 N–H and O–H groups in total. The summed E-state index contributed by atoms with van der Waals surface area (Å²) in [5.41, 5.74) is 1.86. The zero-order chi connectivity index (χ0) is 12.8. The van der Waals surface area contributed by atoms with Crippen molar-refractivity contribution in [3.63, 3.8) is 0 Å². The van der Waals surface area contributed by atoms with Crippen LogP contribution in [0.1, 0.15) is 43.0 Å². The van der Waals surface area contributed by atoms with E-state index in [0.717, 1.165) is 43.7 Å². The first kappa shape index (κ1) is 13.1. The number of Topliss-reactive ketones (excluding diaryl/α,β-unsaturated/α-hetero) is 1. The molecule has 1 atom stereocenters. The van der Waals surface area contributed by atoms with Crippen molar-refractivity contribution in [3.8, 4) is 0 Å². The first-order valence-electron chi connectivity index (χ1n) is 6.78. The molecule has 98 valence electrons. The highest BCUT2D eigenvalue weighted by Crippen LogP contribution is 2.15. The van der Waals surface area contributed by atoms with Gasteiger partial charge in [0.05, 0.1) is 6.10 Å². The van der Waals surface area contributed by atoms with Crippen molar-refractivity contribution in [2.24, 2.45) is 0 Å². The summed E-state index contributed by atoms with van der Waals surface area (Å²) in [6, 6.07) is 7.74. The van der Waals surface area contributed by atoms with E-state index >= 15 is 0 Å². The monoisotopic (exact) mass is 247 g/mol. The van der Waals surface area contributed by atoms with Crippen LogP contribution in [0.3, 0.4) is 0 Å². The average molecular weight is 247 g/mol. The predicted octanol–water partition coefficient (Wildman–Crippen LogP) is 3.26. The lowest BCUT2D eigenvalue weighted by Gasteiger charge is -2.12. The molecule has 3 nitrogen and oxygen atoms in total. The van der Waals surface area contributed by atoms with Crippen molar-refractivity contribution in [2.75, 3.05) is 18.5 Å². The van der Waals surface area contributed by atoms with Crippen molar-refractivity contribution < 1.29 is 9.53 Å². The van der Waals surface area contributed by atoms with E-state index in [0.29, 0.717) is 12.5 Å². The normalized spacial score (nSPS) is 18.8. The van der Waals surface area contributed by atoms with Crippen LogP contribution in [-0.4, -0.2) is 25.0 Å². The standard InChI is InChI=1S/C15H21NO2/c1-2-4-15(17)12-6-8-13(9-7-12)16-11-14-5-3-10-18-14/h6-9,14,16H,2-5,10-11H2,1H3/t14-/m1/s1. The van der Waals surface area contributed by atoms with Crippen molar-refractivity contribution in [3.05, 3.63) is 29.8 Å². The summed E-state index contributed by atoms with van der Waals surface area (Å²) in [5, 5.41) is 3.35. The van der Waals surface area contributed by atoms with Crippen molar-refractivity contribution in [1.29, 1.82) is 0 Å². The molecule has 0 bridgehead atoms. The fourth-order valence-electron chi connectivity index (χ4n) is 2.18. The maximum Gasteiger partial charge on any atom is 0.162 e. The van der Waals surface area contributed by atoms with Crippen LogP contribution in [0.4, 0.5) is 5.69 Å². The number of carbonyl (C=O) groups is 1. The van der Waals surface area contributed by atoms with Crippen LogP contribution in [0.25, 0.3) is 0 Å². The van der Waals surface area contributed by atoms with Crippen molar-refractivity contribution in [1.82, 2.24) is 0 Å². The molecule has 0 unspecified atom stereocenters. The Bertz CT molecular complexity index is 380. The Balaban J connectivity index is 1.85. The molecule has 0 amide bonds. The minimum atomic E-state index is 0.225. The Labute approximate surface area is 109 Å². The number of nitrogens with one attached hydrogen (secondary N) is 1. The number of ether oxygens (including phenoxy) is 1. The highest BCUT2D eigenvalue weighted by Gasteiger charge is 2.14. The second kappa shape index (κ2) is 6.55. The van der Waals surface area contributed by atoms with Gasteiger partial charge in [0, 0.05) is 30.8 Å². The number of carbonyl (C=O) groups excluding carboxylic acids is 1. The summed E-state index contributed by atoms with van der Waals surface area (Å²) in [4.78, 5) is 11.7. The van der Waals surface area contributed by atoms with Gasteiger partial charge in [0.15, 0.2) is 5.78 Å². The Hall–Kier alpha value is -1.35. The van der Waals surface area contributed by atoms with Crippen LogP contribution >= 0.6 is 0 Å². The van der Waals surface area contributed by atoms with E-state index < -0.39 is 0 Å². The second-order valence-electron chi connectivity index (χ2n) is 4.77. The molecule has 1 aliphatic heterocycles. The third-order valence-electron chi connectivity index (χ3n) is 3.24. The molecule has 0 radical (unpaired) electrons. The SMILES string of the molecule is CCCC(=O)c1ccc(NC[C@H]2CCCO2)cc1. The third-order valence-corrected chi connectivity index (χ3v) is 3.24. The van der Waals surface area contributed by atoms with Gasteiger partial charge in [0.25, 0.3) is 0 Å². The lowest BCUT2D eigenvalue weighted by molar-refractivity contribution is 0.0981. The lowest BCUT2D eigenvalue weighted by Crippen LogP contribution is -2.18. The smallest absolute Gasteiger partial charge is 0.162 e. The predicted molar refractivity (Wildman–Crippen MR) is 73.1 cm³/mol. The van der Waals surface area contributed by atoms with Crippen molar-refractivity contribution in [2.45, 2.75) is 38.7 Å². The lowest BCUT2D eigenvalue weighted by atomic mass is 10.1. The Morgan fingerprint density at radius 2 is 2.17 bits per heavy atom. The summed E-state index contributed by atoms with van der Waals surface area (Å²) >= 11 is 0. The van der Waals surface area contributed by atoms with E-state index in [1.807, 2.05) is 31.2 Å². The van der Waals surface area contributed by atoms with E-state index in [1.54, 1.807) is 0 Å².